The first-order valence-corrected chi connectivity index (χ1v) is 6.02. The Hall–Kier alpha value is -1.67. The summed E-state index contributed by atoms with van der Waals surface area (Å²) in [6.45, 7) is 2.94. The minimum absolute atomic E-state index is 0.503. The molecule has 0 saturated heterocycles. The van der Waals surface area contributed by atoms with Crippen LogP contribution in [0.25, 0.3) is 11.3 Å². The van der Waals surface area contributed by atoms with Crippen LogP contribution < -0.4 is 5.73 Å². The van der Waals surface area contributed by atoms with Gasteiger partial charge in [-0.05, 0) is 42.6 Å². The van der Waals surface area contributed by atoms with Crippen molar-refractivity contribution >= 4 is 0 Å². The average molecular weight is 226 g/mol. The van der Waals surface area contributed by atoms with E-state index in [0.29, 0.717) is 5.92 Å². The monoisotopic (exact) mass is 226 g/mol. The second kappa shape index (κ2) is 5.60. The van der Waals surface area contributed by atoms with Crippen molar-refractivity contribution in [3.63, 3.8) is 0 Å². The van der Waals surface area contributed by atoms with E-state index >= 15 is 0 Å². The molecular formula is C15H18N2. The lowest BCUT2D eigenvalue weighted by atomic mass is 9.95. The van der Waals surface area contributed by atoms with Crippen LogP contribution in [0.2, 0.25) is 0 Å². The quantitative estimate of drug-likeness (QED) is 0.869. The van der Waals surface area contributed by atoms with Gasteiger partial charge >= 0.3 is 0 Å². The Morgan fingerprint density at radius 1 is 1.18 bits per heavy atom. The summed E-state index contributed by atoms with van der Waals surface area (Å²) in [5, 5.41) is 0. The lowest BCUT2D eigenvalue weighted by Gasteiger charge is -2.11. The number of nitrogens with zero attached hydrogens (tertiary/aromatic N) is 1. The maximum absolute atomic E-state index is 5.60. The van der Waals surface area contributed by atoms with Crippen LogP contribution in [0.1, 0.15) is 24.8 Å². The number of hydrogen-bond donors (Lipinski definition) is 1. The standard InChI is InChI=1S/C15H18N2/c1-12(8-9-16)13-5-4-6-14(11-13)15-7-2-3-10-17-15/h2-7,10-12H,8-9,16H2,1H3. The highest BCUT2D eigenvalue weighted by Gasteiger charge is 2.06. The summed E-state index contributed by atoms with van der Waals surface area (Å²) in [4.78, 5) is 4.37. The van der Waals surface area contributed by atoms with Crippen molar-refractivity contribution in [2.24, 2.45) is 5.73 Å². The first-order chi connectivity index (χ1) is 8.31. The predicted molar refractivity (Wildman–Crippen MR) is 71.8 cm³/mol. The normalized spacial score (nSPS) is 12.4. The lowest BCUT2D eigenvalue weighted by molar-refractivity contribution is 0.690. The summed E-state index contributed by atoms with van der Waals surface area (Å²) in [7, 11) is 0. The van der Waals surface area contributed by atoms with Crippen molar-refractivity contribution in [1.29, 1.82) is 0 Å². The van der Waals surface area contributed by atoms with Crippen LogP contribution in [0, 0.1) is 0 Å². The minimum atomic E-state index is 0.503. The highest BCUT2D eigenvalue weighted by molar-refractivity contribution is 5.59. The summed E-state index contributed by atoms with van der Waals surface area (Å²) in [5.41, 5.74) is 9.13. The fourth-order valence-corrected chi connectivity index (χ4v) is 1.95. The van der Waals surface area contributed by atoms with E-state index < -0.39 is 0 Å². The molecule has 1 atom stereocenters. The molecule has 1 aromatic heterocycles. The van der Waals surface area contributed by atoms with E-state index in [1.807, 2.05) is 24.4 Å². The number of benzene rings is 1. The van der Waals surface area contributed by atoms with Gasteiger partial charge in [-0.2, -0.15) is 0 Å². The summed E-state index contributed by atoms with van der Waals surface area (Å²) >= 11 is 0. The van der Waals surface area contributed by atoms with Gasteiger partial charge in [0.15, 0.2) is 0 Å². The zero-order valence-electron chi connectivity index (χ0n) is 10.1. The van der Waals surface area contributed by atoms with Gasteiger partial charge in [0.25, 0.3) is 0 Å². The smallest absolute Gasteiger partial charge is 0.0702 e. The highest BCUT2D eigenvalue weighted by atomic mass is 14.7. The van der Waals surface area contributed by atoms with Crippen molar-refractivity contribution in [3.8, 4) is 11.3 Å². The molecule has 0 aliphatic carbocycles. The summed E-state index contributed by atoms with van der Waals surface area (Å²) < 4.78 is 0. The van der Waals surface area contributed by atoms with Crippen LogP contribution in [0.3, 0.4) is 0 Å². The third kappa shape index (κ3) is 2.92. The Bertz CT molecular complexity index is 465. The van der Waals surface area contributed by atoms with Gasteiger partial charge in [-0.15, -0.1) is 0 Å². The Kier molecular flexibility index (Phi) is 3.89. The van der Waals surface area contributed by atoms with E-state index in [1.165, 1.54) is 11.1 Å². The van der Waals surface area contributed by atoms with E-state index in [4.69, 9.17) is 5.73 Å². The molecule has 88 valence electrons. The molecule has 0 saturated carbocycles. The molecule has 2 rings (SSSR count). The molecule has 2 heteroatoms. The van der Waals surface area contributed by atoms with E-state index in [2.05, 4.69) is 36.2 Å². The minimum Gasteiger partial charge on any atom is -0.330 e. The van der Waals surface area contributed by atoms with E-state index in [9.17, 15) is 0 Å². The Morgan fingerprint density at radius 3 is 2.76 bits per heavy atom. The van der Waals surface area contributed by atoms with E-state index in [1.54, 1.807) is 0 Å². The number of hydrogen-bond acceptors (Lipinski definition) is 2. The molecule has 17 heavy (non-hydrogen) atoms. The van der Waals surface area contributed by atoms with Gasteiger partial charge in [0.05, 0.1) is 5.69 Å². The van der Waals surface area contributed by atoms with Crippen LogP contribution in [-0.2, 0) is 0 Å². The molecule has 0 spiro atoms. The van der Waals surface area contributed by atoms with Gasteiger partial charge in [0, 0.05) is 11.8 Å². The molecule has 2 aromatic rings. The summed E-state index contributed by atoms with van der Waals surface area (Å²) in [6.07, 6.45) is 2.84. The largest absolute Gasteiger partial charge is 0.330 e. The molecule has 0 aliphatic heterocycles. The number of rotatable bonds is 4. The highest BCUT2D eigenvalue weighted by Crippen LogP contribution is 2.24. The molecule has 1 unspecified atom stereocenters. The van der Waals surface area contributed by atoms with Crippen LogP contribution >= 0.6 is 0 Å². The van der Waals surface area contributed by atoms with Crippen molar-refractivity contribution in [3.05, 3.63) is 54.2 Å². The maximum atomic E-state index is 5.60. The topological polar surface area (TPSA) is 38.9 Å². The molecule has 0 aliphatic rings. The maximum Gasteiger partial charge on any atom is 0.0702 e. The molecule has 0 radical (unpaired) electrons. The summed E-state index contributed by atoms with van der Waals surface area (Å²) in [5.74, 6) is 0.503. The first kappa shape index (κ1) is 11.8. The number of nitrogens with two attached hydrogens (primary N) is 1. The number of aromatic nitrogens is 1. The Balaban J connectivity index is 2.29. The predicted octanol–water partition coefficient (Wildman–Crippen LogP) is 3.20. The van der Waals surface area contributed by atoms with Gasteiger partial charge in [-0.25, -0.2) is 0 Å². The van der Waals surface area contributed by atoms with Crippen molar-refractivity contribution in [2.45, 2.75) is 19.3 Å². The van der Waals surface area contributed by atoms with Crippen LogP contribution in [-0.4, -0.2) is 11.5 Å². The summed E-state index contributed by atoms with van der Waals surface area (Å²) in [6, 6.07) is 14.5. The van der Waals surface area contributed by atoms with Crippen LogP contribution in [0.15, 0.2) is 48.7 Å². The SMILES string of the molecule is CC(CCN)c1cccc(-c2ccccn2)c1. The fraction of sp³-hybridized carbons (Fsp3) is 0.267. The first-order valence-electron chi connectivity index (χ1n) is 6.02. The van der Waals surface area contributed by atoms with Gasteiger partial charge in [0.2, 0.25) is 0 Å². The van der Waals surface area contributed by atoms with Crippen molar-refractivity contribution in [2.75, 3.05) is 6.54 Å². The van der Waals surface area contributed by atoms with Gasteiger partial charge in [-0.1, -0.05) is 31.2 Å². The van der Waals surface area contributed by atoms with Crippen molar-refractivity contribution < 1.29 is 0 Å². The van der Waals surface area contributed by atoms with Gasteiger partial charge in [0.1, 0.15) is 0 Å². The van der Waals surface area contributed by atoms with Crippen LogP contribution in [0.5, 0.6) is 0 Å². The van der Waals surface area contributed by atoms with Crippen LogP contribution in [0.4, 0.5) is 0 Å². The molecule has 0 amide bonds. The average Bonchev–Trinajstić information content (AvgIpc) is 2.40. The van der Waals surface area contributed by atoms with Crippen molar-refractivity contribution in [1.82, 2.24) is 4.98 Å². The Labute approximate surface area is 103 Å². The molecule has 0 bridgehead atoms. The van der Waals surface area contributed by atoms with Gasteiger partial charge < -0.3 is 5.73 Å². The van der Waals surface area contributed by atoms with E-state index in [0.717, 1.165) is 18.7 Å². The van der Waals surface area contributed by atoms with Gasteiger partial charge in [-0.3, -0.25) is 4.98 Å². The molecule has 2 nitrogen and oxygen atoms in total. The third-order valence-electron chi connectivity index (χ3n) is 3.02. The molecule has 1 heterocycles. The Morgan fingerprint density at radius 2 is 2.06 bits per heavy atom. The zero-order valence-corrected chi connectivity index (χ0v) is 10.1. The molecular weight excluding hydrogens is 208 g/mol. The second-order valence-electron chi connectivity index (χ2n) is 4.32. The third-order valence-corrected chi connectivity index (χ3v) is 3.02. The number of pyridine rings is 1. The molecule has 0 fully saturated rings. The lowest BCUT2D eigenvalue weighted by Crippen LogP contribution is -2.04. The molecule has 2 N–H and O–H groups in total. The second-order valence-corrected chi connectivity index (χ2v) is 4.32. The van der Waals surface area contributed by atoms with E-state index in [-0.39, 0.29) is 0 Å². The fourth-order valence-electron chi connectivity index (χ4n) is 1.95. The molecule has 1 aromatic carbocycles. The zero-order chi connectivity index (χ0) is 12.1.